The van der Waals surface area contributed by atoms with Crippen molar-refractivity contribution in [3.05, 3.63) is 0 Å². The van der Waals surface area contributed by atoms with Crippen LogP contribution in [0.4, 0.5) is 0 Å². The molecule has 1 aliphatic rings. The molecule has 0 aromatic rings. The number of carbonyl (C=O) groups is 1. The average Bonchev–Trinajstić information content (AvgIpc) is 2.10. The van der Waals surface area contributed by atoms with Crippen LogP contribution in [0.15, 0.2) is 0 Å². The summed E-state index contributed by atoms with van der Waals surface area (Å²) in [6, 6.07) is 0.385. The normalized spacial score (nSPS) is 34.8. The van der Waals surface area contributed by atoms with E-state index in [2.05, 4.69) is 33.4 Å². The molecule has 0 spiro atoms. The SMILES string of the molecule is CC1CC(C)C(C)N(C(=O)CS)C1. The summed E-state index contributed by atoms with van der Waals surface area (Å²) < 4.78 is 0. The molecule has 3 unspecified atom stereocenters. The van der Waals surface area contributed by atoms with Crippen molar-refractivity contribution in [3.63, 3.8) is 0 Å². The molecule has 0 N–H and O–H groups in total. The lowest BCUT2D eigenvalue weighted by Gasteiger charge is -2.41. The van der Waals surface area contributed by atoms with Gasteiger partial charge in [-0.2, -0.15) is 12.6 Å². The highest BCUT2D eigenvalue weighted by atomic mass is 32.1. The minimum absolute atomic E-state index is 0.175. The summed E-state index contributed by atoms with van der Waals surface area (Å²) >= 11 is 4.03. The second-order valence-corrected chi connectivity index (χ2v) is 4.58. The van der Waals surface area contributed by atoms with Crippen LogP contribution in [0.2, 0.25) is 0 Å². The van der Waals surface area contributed by atoms with Crippen molar-refractivity contribution in [2.24, 2.45) is 11.8 Å². The van der Waals surface area contributed by atoms with Gasteiger partial charge in [-0.1, -0.05) is 13.8 Å². The smallest absolute Gasteiger partial charge is 0.232 e. The first-order chi connectivity index (χ1) is 6.06. The van der Waals surface area contributed by atoms with Gasteiger partial charge in [0.05, 0.1) is 5.75 Å². The molecular formula is C10H19NOS. The van der Waals surface area contributed by atoms with Crippen molar-refractivity contribution < 1.29 is 4.79 Å². The Bertz CT molecular complexity index is 195. The first-order valence-corrected chi connectivity index (χ1v) is 5.59. The second kappa shape index (κ2) is 4.36. The predicted molar refractivity (Wildman–Crippen MR) is 58.0 cm³/mol. The Morgan fingerprint density at radius 1 is 1.46 bits per heavy atom. The van der Waals surface area contributed by atoms with Crippen molar-refractivity contribution in [1.82, 2.24) is 4.90 Å². The molecule has 0 aromatic carbocycles. The van der Waals surface area contributed by atoms with Crippen molar-refractivity contribution in [1.29, 1.82) is 0 Å². The van der Waals surface area contributed by atoms with Crippen LogP contribution in [0.25, 0.3) is 0 Å². The van der Waals surface area contributed by atoms with Gasteiger partial charge < -0.3 is 4.90 Å². The molecule has 1 amide bonds. The minimum atomic E-state index is 0.175. The lowest BCUT2D eigenvalue weighted by Crippen LogP contribution is -2.49. The second-order valence-electron chi connectivity index (χ2n) is 4.26. The Labute approximate surface area is 86.1 Å². The number of rotatable bonds is 1. The Hall–Kier alpha value is -0.180. The van der Waals surface area contributed by atoms with Crippen LogP contribution in [0.3, 0.4) is 0 Å². The molecule has 3 atom stereocenters. The summed E-state index contributed by atoms with van der Waals surface area (Å²) in [7, 11) is 0. The number of carbonyl (C=O) groups excluding carboxylic acids is 1. The monoisotopic (exact) mass is 201 g/mol. The van der Waals surface area contributed by atoms with Crippen molar-refractivity contribution in [2.45, 2.75) is 33.2 Å². The number of likely N-dealkylation sites (tertiary alicyclic amines) is 1. The van der Waals surface area contributed by atoms with Crippen LogP contribution in [0, 0.1) is 11.8 Å². The van der Waals surface area contributed by atoms with Crippen LogP contribution >= 0.6 is 12.6 Å². The van der Waals surface area contributed by atoms with Gasteiger partial charge in [0.2, 0.25) is 5.91 Å². The van der Waals surface area contributed by atoms with Gasteiger partial charge in [-0.25, -0.2) is 0 Å². The minimum Gasteiger partial charge on any atom is -0.339 e. The summed E-state index contributed by atoms with van der Waals surface area (Å²) in [6.07, 6.45) is 1.23. The van der Waals surface area contributed by atoms with Gasteiger partial charge >= 0.3 is 0 Å². The third kappa shape index (κ3) is 2.39. The van der Waals surface area contributed by atoms with Gasteiger partial charge in [-0.05, 0) is 25.2 Å². The molecule has 0 aliphatic carbocycles. The maximum Gasteiger partial charge on any atom is 0.232 e. The van der Waals surface area contributed by atoms with Crippen molar-refractivity contribution in [3.8, 4) is 0 Å². The molecule has 76 valence electrons. The summed E-state index contributed by atoms with van der Waals surface area (Å²) in [5.74, 6) is 1.76. The van der Waals surface area contributed by atoms with E-state index in [1.54, 1.807) is 0 Å². The highest BCUT2D eigenvalue weighted by molar-refractivity contribution is 7.81. The predicted octanol–water partition coefficient (Wildman–Crippen LogP) is 1.81. The Morgan fingerprint density at radius 3 is 2.62 bits per heavy atom. The van der Waals surface area contributed by atoms with Crippen LogP contribution in [-0.4, -0.2) is 29.1 Å². The molecule has 0 bridgehead atoms. The molecule has 1 fully saturated rings. The Kier molecular flexibility index (Phi) is 3.65. The molecule has 0 radical (unpaired) electrons. The summed E-state index contributed by atoms with van der Waals surface area (Å²) in [5.41, 5.74) is 0. The van der Waals surface area contributed by atoms with Crippen LogP contribution in [0.5, 0.6) is 0 Å². The van der Waals surface area contributed by atoms with E-state index in [1.807, 2.05) is 4.90 Å². The standard InChI is InChI=1S/C10H19NOS/c1-7-4-8(2)9(3)11(5-7)10(12)6-13/h7-9,13H,4-6H2,1-3H3. The quantitative estimate of drug-likeness (QED) is 0.642. The summed E-state index contributed by atoms with van der Waals surface area (Å²) in [5, 5.41) is 0. The fourth-order valence-corrected chi connectivity index (χ4v) is 2.32. The van der Waals surface area contributed by atoms with Crippen LogP contribution in [0.1, 0.15) is 27.2 Å². The molecule has 1 heterocycles. The highest BCUT2D eigenvalue weighted by Gasteiger charge is 2.30. The molecule has 3 heteroatoms. The number of amides is 1. The van der Waals surface area contributed by atoms with Gasteiger partial charge in [0.25, 0.3) is 0 Å². The number of piperidine rings is 1. The average molecular weight is 201 g/mol. The highest BCUT2D eigenvalue weighted by Crippen LogP contribution is 2.26. The van der Waals surface area contributed by atoms with Crippen LogP contribution in [-0.2, 0) is 4.79 Å². The lowest BCUT2D eigenvalue weighted by molar-refractivity contribution is -0.134. The maximum atomic E-state index is 11.5. The summed E-state index contributed by atoms with van der Waals surface area (Å²) in [4.78, 5) is 13.5. The molecule has 1 rings (SSSR count). The number of hydrogen-bond acceptors (Lipinski definition) is 2. The summed E-state index contributed by atoms with van der Waals surface area (Å²) in [6.45, 7) is 7.48. The zero-order valence-corrected chi connectivity index (χ0v) is 9.55. The van der Waals surface area contributed by atoms with E-state index in [0.717, 1.165) is 6.54 Å². The fourth-order valence-electron chi connectivity index (χ4n) is 2.14. The van der Waals surface area contributed by atoms with E-state index in [0.29, 0.717) is 23.6 Å². The Morgan fingerprint density at radius 2 is 2.08 bits per heavy atom. The molecule has 2 nitrogen and oxygen atoms in total. The van der Waals surface area contributed by atoms with E-state index in [4.69, 9.17) is 0 Å². The molecule has 13 heavy (non-hydrogen) atoms. The molecule has 1 aliphatic heterocycles. The van der Waals surface area contributed by atoms with Gasteiger partial charge in [0.1, 0.15) is 0 Å². The van der Waals surface area contributed by atoms with Crippen molar-refractivity contribution >= 4 is 18.5 Å². The van der Waals surface area contributed by atoms with Crippen LogP contribution < -0.4 is 0 Å². The van der Waals surface area contributed by atoms with Gasteiger partial charge in [0, 0.05) is 12.6 Å². The molecule has 0 saturated carbocycles. The number of thiol groups is 1. The third-order valence-electron chi connectivity index (χ3n) is 3.05. The first-order valence-electron chi connectivity index (χ1n) is 4.96. The molecule has 0 aromatic heterocycles. The van der Waals surface area contributed by atoms with Gasteiger partial charge in [-0.3, -0.25) is 4.79 Å². The van der Waals surface area contributed by atoms with Gasteiger partial charge in [-0.15, -0.1) is 0 Å². The van der Waals surface area contributed by atoms with E-state index < -0.39 is 0 Å². The fraction of sp³-hybridized carbons (Fsp3) is 0.900. The van der Waals surface area contributed by atoms with E-state index >= 15 is 0 Å². The molecule has 1 saturated heterocycles. The third-order valence-corrected chi connectivity index (χ3v) is 3.32. The first kappa shape index (κ1) is 10.9. The van der Waals surface area contributed by atoms with E-state index in [1.165, 1.54) is 6.42 Å². The van der Waals surface area contributed by atoms with E-state index in [-0.39, 0.29) is 5.91 Å². The zero-order valence-electron chi connectivity index (χ0n) is 8.66. The number of nitrogens with zero attached hydrogens (tertiary/aromatic N) is 1. The zero-order chi connectivity index (χ0) is 10.0. The molecular weight excluding hydrogens is 182 g/mol. The lowest BCUT2D eigenvalue weighted by atomic mass is 9.86. The largest absolute Gasteiger partial charge is 0.339 e. The van der Waals surface area contributed by atoms with Crippen molar-refractivity contribution in [2.75, 3.05) is 12.3 Å². The van der Waals surface area contributed by atoms with Gasteiger partial charge in [0.15, 0.2) is 0 Å². The number of hydrogen-bond donors (Lipinski definition) is 1. The maximum absolute atomic E-state index is 11.5. The van der Waals surface area contributed by atoms with E-state index in [9.17, 15) is 4.79 Å². The Balaban J connectivity index is 2.66. The topological polar surface area (TPSA) is 20.3 Å².